The minimum Gasteiger partial charge on any atom is -0.341 e. The molecule has 0 aromatic carbocycles. The zero-order chi connectivity index (χ0) is 12.1. The van der Waals surface area contributed by atoms with Crippen molar-refractivity contribution in [2.75, 3.05) is 19.6 Å². The highest BCUT2D eigenvalue weighted by molar-refractivity contribution is 5.83. The first kappa shape index (κ1) is 12.1. The van der Waals surface area contributed by atoms with Gasteiger partial charge in [0.25, 0.3) is 0 Å². The number of carbonyl (C=O) groups is 1. The van der Waals surface area contributed by atoms with E-state index in [9.17, 15) is 4.79 Å². The Kier molecular flexibility index (Phi) is 4.14. The van der Waals surface area contributed by atoms with Gasteiger partial charge in [-0.25, -0.2) is 0 Å². The minimum atomic E-state index is 0.0460. The molecule has 0 saturated carbocycles. The van der Waals surface area contributed by atoms with E-state index in [1.54, 1.807) is 6.20 Å². The lowest BCUT2D eigenvalue weighted by Gasteiger charge is -2.16. The highest BCUT2D eigenvalue weighted by Gasteiger charge is 2.29. The third-order valence-electron chi connectivity index (χ3n) is 3.12. The van der Waals surface area contributed by atoms with Crippen LogP contribution >= 0.6 is 0 Å². The Bertz CT molecular complexity index is 349. The second kappa shape index (κ2) is 5.82. The van der Waals surface area contributed by atoms with Crippen molar-refractivity contribution in [1.29, 1.82) is 0 Å². The van der Waals surface area contributed by atoms with Gasteiger partial charge in [-0.05, 0) is 25.5 Å². The SMILES string of the molecule is CCNC1CCN(CCCn2cccn2)C1=O. The molecule has 0 aliphatic carbocycles. The van der Waals surface area contributed by atoms with Crippen LogP contribution in [0, 0.1) is 0 Å². The van der Waals surface area contributed by atoms with Gasteiger partial charge < -0.3 is 10.2 Å². The Morgan fingerprint density at radius 2 is 2.41 bits per heavy atom. The predicted molar refractivity (Wildman–Crippen MR) is 65.5 cm³/mol. The lowest BCUT2D eigenvalue weighted by molar-refractivity contribution is -0.129. The summed E-state index contributed by atoms with van der Waals surface area (Å²) in [6, 6.07) is 1.96. The summed E-state index contributed by atoms with van der Waals surface area (Å²) in [5, 5.41) is 7.36. The normalized spacial score (nSPS) is 20.2. The van der Waals surface area contributed by atoms with Crippen molar-refractivity contribution in [3.8, 4) is 0 Å². The molecule has 1 aromatic heterocycles. The van der Waals surface area contributed by atoms with Crippen LogP contribution in [-0.2, 0) is 11.3 Å². The number of aryl methyl sites for hydroxylation is 1. The molecular formula is C12H20N4O. The molecule has 2 heterocycles. The van der Waals surface area contributed by atoms with Gasteiger partial charge in [-0.2, -0.15) is 5.10 Å². The van der Waals surface area contributed by atoms with Crippen molar-refractivity contribution < 1.29 is 4.79 Å². The van der Waals surface area contributed by atoms with Crippen molar-refractivity contribution in [3.63, 3.8) is 0 Å². The first-order chi connectivity index (χ1) is 8.31. The molecule has 2 rings (SSSR count). The molecule has 1 atom stereocenters. The number of rotatable bonds is 6. The molecule has 1 amide bonds. The molecule has 94 valence electrons. The number of likely N-dealkylation sites (tertiary alicyclic amines) is 1. The molecule has 17 heavy (non-hydrogen) atoms. The average Bonchev–Trinajstić information content (AvgIpc) is 2.94. The number of amides is 1. The molecule has 5 heteroatoms. The Morgan fingerprint density at radius 1 is 1.53 bits per heavy atom. The quantitative estimate of drug-likeness (QED) is 0.782. The van der Waals surface area contributed by atoms with E-state index in [1.165, 1.54) is 0 Å². The van der Waals surface area contributed by atoms with Gasteiger partial charge in [0.05, 0.1) is 6.04 Å². The molecule has 1 unspecified atom stereocenters. The maximum absolute atomic E-state index is 11.9. The highest BCUT2D eigenvalue weighted by Crippen LogP contribution is 2.11. The van der Waals surface area contributed by atoms with Crippen LogP contribution in [0.25, 0.3) is 0 Å². The number of nitrogens with zero attached hydrogens (tertiary/aromatic N) is 3. The fourth-order valence-corrected chi connectivity index (χ4v) is 2.25. The lowest BCUT2D eigenvalue weighted by atomic mass is 10.2. The summed E-state index contributed by atoms with van der Waals surface area (Å²) >= 11 is 0. The van der Waals surface area contributed by atoms with Crippen LogP contribution in [0.1, 0.15) is 19.8 Å². The minimum absolute atomic E-state index is 0.0460. The zero-order valence-electron chi connectivity index (χ0n) is 10.3. The summed E-state index contributed by atoms with van der Waals surface area (Å²) in [4.78, 5) is 13.9. The Morgan fingerprint density at radius 3 is 3.12 bits per heavy atom. The summed E-state index contributed by atoms with van der Waals surface area (Å²) in [6.07, 6.45) is 5.64. The molecule has 1 saturated heterocycles. The van der Waals surface area contributed by atoms with E-state index in [-0.39, 0.29) is 11.9 Å². The number of carbonyl (C=O) groups excluding carboxylic acids is 1. The van der Waals surface area contributed by atoms with Crippen molar-refractivity contribution in [1.82, 2.24) is 20.0 Å². The Balaban J connectivity index is 1.71. The van der Waals surface area contributed by atoms with Crippen LogP contribution in [0.15, 0.2) is 18.5 Å². The highest BCUT2D eigenvalue weighted by atomic mass is 16.2. The maximum Gasteiger partial charge on any atom is 0.239 e. The van der Waals surface area contributed by atoms with E-state index in [1.807, 2.05) is 28.8 Å². The van der Waals surface area contributed by atoms with Gasteiger partial charge in [0, 0.05) is 32.0 Å². The molecule has 1 aliphatic rings. The molecule has 1 N–H and O–H groups in total. The molecule has 5 nitrogen and oxygen atoms in total. The number of hydrogen-bond donors (Lipinski definition) is 1. The molecular weight excluding hydrogens is 216 g/mol. The number of aromatic nitrogens is 2. The summed E-state index contributed by atoms with van der Waals surface area (Å²) in [5.74, 6) is 0.257. The van der Waals surface area contributed by atoms with Crippen LogP contribution in [0.5, 0.6) is 0 Å². The van der Waals surface area contributed by atoms with Crippen molar-refractivity contribution in [2.24, 2.45) is 0 Å². The van der Waals surface area contributed by atoms with Gasteiger partial charge >= 0.3 is 0 Å². The van der Waals surface area contributed by atoms with Crippen LogP contribution in [0.3, 0.4) is 0 Å². The van der Waals surface area contributed by atoms with Gasteiger partial charge in [0.15, 0.2) is 0 Å². The summed E-state index contributed by atoms with van der Waals surface area (Å²) in [6.45, 7) is 5.49. The monoisotopic (exact) mass is 236 g/mol. The Hall–Kier alpha value is -1.36. The first-order valence-corrected chi connectivity index (χ1v) is 6.31. The van der Waals surface area contributed by atoms with Gasteiger partial charge in [-0.1, -0.05) is 6.92 Å². The number of hydrogen-bond acceptors (Lipinski definition) is 3. The van der Waals surface area contributed by atoms with Gasteiger partial charge in [0.2, 0.25) is 5.91 Å². The smallest absolute Gasteiger partial charge is 0.239 e. The van der Waals surface area contributed by atoms with Crippen molar-refractivity contribution in [3.05, 3.63) is 18.5 Å². The second-order valence-electron chi connectivity index (χ2n) is 4.35. The Labute approximate surface area is 102 Å². The van der Waals surface area contributed by atoms with Crippen molar-refractivity contribution >= 4 is 5.91 Å². The van der Waals surface area contributed by atoms with Gasteiger partial charge in [0.1, 0.15) is 0 Å². The predicted octanol–water partition coefficient (Wildman–Crippen LogP) is 0.484. The molecule has 1 aromatic rings. The van der Waals surface area contributed by atoms with Crippen LogP contribution in [0.2, 0.25) is 0 Å². The first-order valence-electron chi connectivity index (χ1n) is 6.31. The molecule has 1 fully saturated rings. The fraction of sp³-hybridized carbons (Fsp3) is 0.667. The molecule has 0 radical (unpaired) electrons. The molecule has 0 spiro atoms. The second-order valence-corrected chi connectivity index (χ2v) is 4.35. The summed E-state index contributed by atoms with van der Waals surface area (Å²) in [7, 11) is 0. The van der Waals surface area contributed by atoms with E-state index in [0.29, 0.717) is 0 Å². The largest absolute Gasteiger partial charge is 0.341 e. The summed E-state index contributed by atoms with van der Waals surface area (Å²) in [5.41, 5.74) is 0. The third kappa shape index (κ3) is 3.06. The fourth-order valence-electron chi connectivity index (χ4n) is 2.25. The van der Waals surface area contributed by atoms with E-state index in [4.69, 9.17) is 0 Å². The standard InChI is InChI=1S/C12H20N4O/c1-2-13-11-5-10-15(12(11)17)7-4-9-16-8-3-6-14-16/h3,6,8,11,13H,2,4-5,7,9-10H2,1H3. The number of likely N-dealkylation sites (N-methyl/N-ethyl adjacent to an activating group) is 1. The van der Waals surface area contributed by atoms with E-state index >= 15 is 0 Å². The average molecular weight is 236 g/mol. The van der Waals surface area contributed by atoms with Gasteiger partial charge in [-0.15, -0.1) is 0 Å². The van der Waals surface area contributed by atoms with Crippen LogP contribution in [0.4, 0.5) is 0 Å². The van der Waals surface area contributed by atoms with Crippen LogP contribution < -0.4 is 5.32 Å². The van der Waals surface area contributed by atoms with E-state index in [0.717, 1.165) is 39.0 Å². The third-order valence-corrected chi connectivity index (χ3v) is 3.12. The van der Waals surface area contributed by atoms with Crippen molar-refractivity contribution in [2.45, 2.75) is 32.4 Å². The maximum atomic E-state index is 11.9. The topological polar surface area (TPSA) is 50.2 Å². The summed E-state index contributed by atoms with van der Waals surface area (Å²) < 4.78 is 1.91. The zero-order valence-corrected chi connectivity index (χ0v) is 10.3. The van der Waals surface area contributed by atoms with E-state index in [2.05, 4.69) is 10.4 Å². The van der Waals surface area contributed by atoms with Crippen LogP contribution in [-0.4, -0.2) is 46.3 Å². The molecule has 0 bridgehead atoms. The van der Waals surface area contributed by atoms with E-state index < -0.39 is 0 Å². The number of nitrogens with one attached hydrogen (secondary N) is 1. The lowest BCUT2D eigenvalue weighted by Crippen LogP contribution is -2.38. The van der Waals surface area contributed by atoms with Gasteiger partial charge in [-0.3, -0.25) is 9.48 Å². The molecule has 1 aliphatic heterocycles.